The van der Waals surface area contributed by atoms with Gasteiger partial charge in [-0.05, 0) is 54.2 Å². The Balaban J connectivity index is 2.34. The Labute approximate surface area is 189 Å². The third kappa shape index (κ3) is 5.90. The van der Waals surface area contributed by atoms with Crippen LogP contribution in [0.25, 0.3) is 0 Å². The quantitative estimate of drug-likeness (QED) is 0.561. The molecule has 164 valence electrons. The number of carbonyl (C=O) groups excluding carboxylic acids is 1. The summed E-state index contributed by atoms with van der Waals surface area (Å²) in [6, 6.07) is 9.85. The van der Waals surface area contributed by atoms with Crippen LogP contribution < -0.4 is 9.62 Å². The van der Waals surface area contributed by atoms with Crippen molar-refractivity contribution in [2.45, 2.75) is 52.6 Å². The second-order valence-corrected chi connectivity index (χ2v) is 9.81. The number of anilines is 1. The summed E-state index contributed by atoms with van der Waals surface area (Å²) in [5, 5.41) is 3.46. The number of hydrogen-bond acceptors (Lipinski definition) is 3. The van der Waals surface area contributed by atoms with E-state index in [1.807, 2.05) is 0 Å². The normalized spacial score (nSPS) is 12.5. The number of carbonyl (C=O) groups is 1. The van der Waals surface area contributed by atoms with Crippen LogP contribution in [0.1, 0.15) is 43.9 Å². The number of hydrogen-bond donors (Lipinski definition) is 1. The van der Waals surface area contributed by atoms with E-state index in [2.05, 4.69) is 37.4 Å². The van der Waals surface area contributed by atoms with E-state index in [-0.39, 0.29) is 23.0 Å². The van der Waals surface area contributed by atoms with Gasteiger partial charge in [0.1, 0.15) is 6.04 Å². The largest absolute Gasteiger partial charge is 0.350 e. The van der Waals surface area contributed by atoms with Gasteiger partial charge in [-0.1, -0.05) is 62.2 Å². The van der Waals surface area contributed by atoms with Gasteiger partial charge in [-0.15, -0.1) is 0 Å². The lowest BCUT2D eigenvalue weighted by Crippen LogP contribution is -2.49. The van der Waals surface area contributed by atoms with Crippen molar-refractivity contribution in [3.8, 4) is 0 Å². The molecule has 30 heavy (non-hydrogen) atoms. The van der Waals surface area contributed by atoms with Crippen molar-refractivity contribution in [2.24, 2.45) is 0 Å². The van der Waals surface area contributed by atoms with Gasteiger partial charge < -0.3 is 5.32 Å². The second kappa shape index (κ2) is 10.5. The van der Waals surface area contributed by atoms with Crippen molar-refractivity contribution in [1.29, 1.82) is 0 Å². The minimum atomic E-state index is -3.79. The average Bonchev–Trinajstić information content (AvgIpc) is 2.70. The average molecular weight is 471 g/mol. The van der Waals surface area contributed by atoms with Crippen LogP contribution in [0.4, 0.5) is 5.69 Å². The van der Waals surface area contributed by atoms with Crippen molar-refractivity contribution in [3.05, 3.63) is 63.1 Å². The summed E-state index contributed by atoms with van der Waals surface area (Å²) in [6.07, 6.45) is 3.08. The Hall–Kier alpha value is -1.76. The van der Waals surface area contributed by atoms with Crippen molar-refractivity contribution in [3.63, 3.8) is 0 Å². The molecule has 1 unspecified atom stereocenters. The van der Waals surface area contributed by atoms with Crippen LogP contribution in [-0.2, 0) is 34.2 Å². The highest BCUT2D eigenvalue weighted by Gasteiger charge is 2.32. The van der Waals surface area contributed by atoms with Gasteiger partial charge in [0.25, 0.3) is 0 Å². The monoisotopic (exact) mass is 470 g/mol. The molecule has 0 heterocycles. The first kappa shape index (κ1) is 24.5. The van der Waals surface area contributed by atoms with E-state index in [4.69, 9.17) is 23.2 Å². The van der Waals surface area contributed by atoms with Gasteiger partial charge in [-0.25, -0.2) is 8.42 Å². The maximum Gasteiger partial charge on any atom is 0.244 e. The minimum Gasteiger partial charge on any atom is -0.350 e. The summed E-state index contributed by atoms with van der Waals surface area (Å²) in [7, 11) is -3.79. The van der Waals surface area contributed by atoms with Gasteiger partial charge in [0.15, 0.2) is 0 Å². The molecule has 0 saturated heterocycles. The zero-order valence-corrected chi connectivity index (χ0v) is 20.0. The van der Waals surface area contributed by atoms with E-state index in [1.165, 1.54) is 17.7 Å². The maximum absolute atomic E-state index is 13.1. The molecule has 2 rings (SSSR count). The molecule has 1 amide bonds. The van der Waals surface area contributed by atoms with Gasteiger partial charge in [-0.3, -0.25) is 9.10 Å². The van der Waals surface area contributed by atoms with Gasteiger partial charge >= 0.3 is 0 Å². The van der Waals surface area contributed by atoms with Crippen molar-refractivity contribution < 1.29 is 13.2 Å². The van der Waals surface area contributed by atoms with Crippen LogP contribution in [0.2, 0.25) is 10.0 Å². The number of amides is 1. The first-order chi connectivity index (χ1) is 14.1. The second-order valence-electron chi connectivity index (χ2n) is 7.11. The molecule has 0 aliphatic carbocycles. The number of sulfonamides is 1. The van der Waals surface area contributed by atoms with Gasteiger partial charge in [0.2, 0.25) is 15.9 Å². The van der Waals surface area contributed by atoms with Gasteiger partial charge in [-0.2, -0.15) is 0 Å². The van der Waals surface area contributed by atoms with Crippen LogP contribution in [-0.4, -0.2) is 26.6 Å². The smallest absolute Gasteiger partial charge is 0.244 e. The van der Waals surface area contributed by atoms with E-state index in [0.717, 1.165) is 34.5 Å². The molecule has 0 aliphatic heterocycles. The van der Waals surface area contributed by atoms with E-state index in [1.54, 1.807) is 13.0 Å². The highest BCUT2D eigenvalue weighted by molar-refractivity contribution is 7.92. The third-order valence-corrected chi connectivity index (χ3v) is 6.71. The predicted octanol–water partition coefficient (Wildman–Crippen LogP) is 4.98. The summed E-state index contributed by atoms with van der Waals surface area (Å²) < 4.78 is 26.3. The maximum atomic E-state index is 13.1. The van der Waals surface area contributed by atoms with Gasteiger partial charge in [0, 0.05) is 11.6 Å². The molecule has 0 fully saturated rings. The van der Waals surface area contributed by atoms with Gasteiger partial charge in [0.05, 0.1) is 17.0 Å². The van der Waals surface area contributed by atoms with Crippen LogP contribution in [0.3, 0.4) is 0 Å². The van der Waals surface area contributed by atoms with Crippen molar-refractivity contribution in [2.75, 3.05) is 10.6 Å². The van der Waals surface area contributed by atoms with E-state index in [9.17, 15) is 13.2 Å². The van der Waals surface area contributed by atoms with Crippen LogP contribution in [0.15, 0.2) is 36.4 Å². The molecule has 0 aromatic heterocycles. The lowest BCUT2D eigenvalue weighted by molar-refractivity contribution is -0.122. The SMILES string of the molecule is CCc1ccc(CC)c(CNC(=O)C(CC)N(c2cc(Cl)ccc2Cl)S(C)(=O)=O)c1. The Morgan fingerprint density at radius 1 is 1.03 bits per heavy atom. The topological polar surface area (TPSA) is 66.5 Å². The van der Waals surface area contributed by atoms with Crippen LogP contribution in [0.5, 0.6) is 0 Å². The highest BCUT2D eigenvalue weighted by Crippen LogP contribution is 2.33. The number of benzene rings is 2. The van der Waals surface area contributed by atoms with Crippen LogP contribution in [0, 0.1) is 0 Å². The molecule has 5 nitrogen and oxygen atoms in total. The van der Waals surface area contributed by atoms with Crippen LogP contribution >= 0.6 is 23.2 Å². The Morgan fingerprint density at radius 2 is 1.73 bits per heavy atom. The van der Waals surface area contributed by atoms with Crippen molar-refractivity contribution >= 4 is 44.8 Å². The molecule has 0 spiro atoms. The lowest BCUT2D eigenvalue weighted by atomic mass is 10.0. The minimum absolute atomic E-state index is 0.191. The summed E-state index contributed by atoms with van der Waals surface area (Å²) in [5.41, 5.74) is 3.56. The van der Waals surface area contributed by atoms with Crippen molar-refractivity contribution in [1.82, 2.24) is 5.32 Å². The fraction of sp³-hybridized carbons (Fsp3) is 0.409. The predicted molar refractivity (Wildman–Crippen MR) is 125 cm³/mol. The standard InChI is InChI=1S/C22H28Cl2N2O3S/c1-5-15-8-9-16(6-2)17(12-15)14-25-22(27)20(7-3)26(30(4,28)29)21-13-18(23)10-11-19(21)24/h8-13,20H,5-7,14H2,1-4H3,(H,25,27). The summed E-state index contributed by atoms with van der Waals surface area (Å²) in [6.45, 7) is 6.23. The first-order valence-corrected chi connectivity index (χ1v) is 12.6. The molecule has 1 N–H and O–H groups in total. The van der Waals surface area contributed by atoms with E-state index < -0.39 is 16.1 Å². The fourth-order valence-electron chi connectivity index (χ4n) is 3.40. The number of nitrogens with one attached hydrogen (secondary N) is 1. The molecule has 0 bridgehead atoms. The first-order valence-electron chi connectivity index (χ1n) is 9.95. The molecule has 2 aromatic rings. The Bertz CT molecular complexity index is 1010. The molecule has 2 aromatic carbocycles. The van der Waals surface area contributed by atoms with E-state index in [0.29, 0.717) is 11.6 Å². The number of halogens is 2. The molecule has 1 atom stereocenters. The zero-order valence-electron chi connectivity index (χ0n) is 17.7. The lowest BCUT2D eigenvalue weighted by Gasteiger charge is -2.31. The molecule has 0 radical (unpaired) electrons. The molecular formula is C22H28Cl2N2O3S. The summed E-state index contributed by atoms with van der Waals surface area (Å²) in [5.74, 6) is -0.386. The fourth-order valence-corrected chi connectivity index (χ4v) is 5.04. The number of nitrogens with zero attached hydrogens (tertiary/aromatic N) is 1. The molecule has 0 aliphatic rings. The zero-order chi connectivity index (χ0) is 22.5. The summed E-state index contributed by atoms with van der Waals surface area (Å²) >= 11 is 12.3. The highest BCUT2D eigenvalue weighted by atomic mass is 35.5. The number of aryl methyl sites for hydroxylation is 2. The third-order valence-electron chi connectivity index (χ3n) is 4.99. The Kier molecular flexibility index (Phi) is 8.59. The Morgan fingerprint density at radius 3 is 2.30 bits per heavy atom. The van der Waals surface area contributed by atoms with E-state index >= 15 is 0 Å². The molecule has 8 heteroatoms. The number of rotatable bonds is 9. The molecular weight excluding hydrogens is 443 g/mol. The molecule has 0 saturated carbocycles. The summed E-state index contributed by atoms with van der Waals surface area (Å²) in [4.78, 5) is 13.1.